The molecule has 0 spiro atoms. The Labute approximate surface area is 132 Å². The van der Waals surface area contributed by atoms with Crippen molar-refractivity contribution < 1.29 is 5.11 Å². The van der Waals surface area contributed by atoms with Crippen molar-refractivity contribution in [3.05, 3.63) is 33.4 Å². The molecule has 19 heavy (non-hydrogen) atoms. The average molecular weight is 373 g/mol. The van der Waals surface area contributed by atoms with Crippen molar-refractivity contribution in [2.24, 2.45) is 0 Å². The van der Waals surface area contributed by atoms with Gasteiger partial charge in [0.15, 0.2) is 0 Å². The fourth-order valence-electron chi connectivity index (χ4n) is 2.32. The molecule has 0 unspecified atom stereocenters. The third kappa shape index (κ3) is 9.44. The second kappa shape index (κ2) is 11.7. The van der Waals surface area contributed by atoms with Crippen LogP contribution in [0.5, 0.6) is 0 Å². The Kier molecular flexibility index (Phi) is 10.5. The van der Waals surface area contributed by atoms with Crippen molar-refractivity contribution in [3.8, 4) is 0 Å². The van der Waals surface area contributed by atoms with Crippen molar-refractivity contribution in [1.29, 1.82) is 0 Å². The van der Waals surface area contributed by atoms with E-state index in [2.05, 4.69) is 46.9 Å². The van der Waals surface area contributed by atoms with Gasteiger partial charge in [-0.3, -0.25) is 0 Å². The van der Waals surface area contributed by atoms with Gasteiger partial charge in [-0.1, -0.05) is 57.1 Å². The standard InChI is InChI=1S/C17H26IO/c18-17-13-11-16(12-14-17)10-8-6-4-2-1-3-5-7-9-15-19/h11-14H,1-10,15H2. The number of unbranched alkanes of at least 4 members (excludes halogenated alkanes) is 8. The van der Waals surface area contributed by atoms with Gasteiger partial charge in [-0.05, 0) is 59.5 Å². The third-order valence-corrected chi connectivity index (χ3v) is 4.24. The van der Waals surface area contributed by atoms with Crippen LogP contribution >= 0.6 is 22.6 Å². The Bertz CT molecular complexity index is 308. The Morgan fingerprint density at radius 3 is 1.68 bits per heavy atom. The van der Waals surface area contributed by atoms with E-state index in [9.17, 15) is 5.11 Å². The number of benzene rings is 1. The van der Waals surface area contributed by atoms with Crippen LogP contribution in [0.15, 0.2) is 24.3 Å². The monoisotopic (exact) mass is 373 g/mol. The van der Waals surface area contributed by atoms with Crippen LogP contribution in [0.4, 0.5) is 0 Å². The highest BCUT2D eigenvalue weighted by atomic mass is 127. The normalized spacial score (nSPS) is 10.8. The van der Waals surface area contributed by atoms with Crippen LogP contribution in [0.2, 0.25) is 0 Å². The van der Waals surface area contributed by atoms with Gasteiger partial charge in [-0.15, -0.1) is 0 Å². The Balaban J connectivity index is 1.87. The smallest absolute Gasteiger partial charge is 0.0822 e. The number of halogens is 1. The summed E-state index contributed by atoms with van der Waals surface area (Å²) < 4.78 is 1.32. The molecule has 0 aliphatic heterocycles. The largest absolute Gasteiger partial charge is 0.237 e. The zero-order valence-electron chi connectivity index (χ0n) is 11.9. The summed E-state index contributed by atoms with van der Waals surface area (Å²) in [5, 5.41) is 10.3. The number of aryl methyl sites for hydroxylation is 1. The van der Waals surface area contributed by atoms with E-state index in [0.717, 1.165) is 12.8 Å². The van der Waals surface area contributed by atoms with Crippen LogP contribution in [-0.4, -0.2) is 6.61 Å². The van der Waals surface area contributed by atoms with Crippen LogP contribution in [0.3, 0.4) is 0 Å². The van der Waals surface area contributed by atoms with Crippen molar-refractivity contribution >= 4 is 22.6 Å². The average Bonchev–Trinajstić information content (AvgIpc) is 2.43. The van der Waals surface area contributed by atoms with E-state index in [-0.39, 0.29) is 6.61 Å². The maximum atomic E-state index is 10.3. The van der Waals surface area contributed by atoms with E-state index in [0.29, 0.717) is 0 Å². The molecule has 1 radical (unpaired) electrons. The minimum atomic E-state index is 0.110. The molecule has 0 aromatic heterocycles. The molecule has 0 saturated carbocycles. The Hall–Kier alpha value is -0.0900. The lowest BCUT2D eigenvalue weighted by Gasteiger charge is -2.03. The number of hydrogen-bond acceptors (Lipinski definition) is 0. The Morgan fingerprint density at radius 1 is 0.684 bits per heavy atom. The fraction of sp³-hybridized carbons (Fsp3) is 0.647. The second-order valence-electron chi connectivity index (χ2n) is 5.26. The molecule has 107 valence electrons. The molecule has 0 aliphatic carbocycles. The lowest BCUT2D eigenvalue weighted by molar-refractivity contribution is 0.186. The lowest BCUT2D eigenvalue weighted by Crippen LogP contribution is -1.87. The lowest BCUT2D eigenvalue weighted by atomic mass is 10.0. The first-order chi connectivity index (χ1) is 9.33. The highest BCUT2D eigenvalue weighted by molar-refractivity contribution is 14.1. The molecule has 1 aromatic rings. The zero-order valence-corrected chi connectivity index (χ0v) is 14.0. The molecule has 0 saturated heterocycles. The number of rotatable bonds is 11. The zero-order chi connectivity index (χ0) is 13.8. The van der Waals surface area contributed by atoms with Crippen LogP contribution in [0.25, 0.3) is 0 Å². The number of hydrogen-bond donors (Lipinski definition) is 0. The molecule has 0 atom stereocenters. The van der Waals surface area contributed by atoms with E-state index >= 15 is 0 Å². The van der Waals surface area contributed by atoms with Crippen molar-refractivity contribution in [2.45, 2.75) is 64.2 Å². The van der Waals surface area contributed by atoms with Gasteiger partial charge in [0.1, 0.15) is 0 Å². The van der Waals surface area contributed by atoms with E-state index in [1.165, 1.54) is 60.5 Å². The summed E-state index contributed by atoms with van der Waals surface area (Å²) in [6, 6.07) is 8.88. The van der Waals surface area contributed by atoms with Crippen molar-refractivity contribution in [2.75, 3.05) is 6.61 Å². The third-order valence-electron chi connectivity index (χ3n) is 3.52. The fourth-order valence-corrected chi connectivity index (χ4v) is 2.68. The minimum Gasteiger partial charge on any atom is -0.237 e. The van der Waals surface area contributed by atoms with E-state index in [1.54, 1.807) is 0 Å². The minimum absolute atomic E-state index is 0.110. The van der Waals surface area contributed by atoms with Gasteiger partial charge in [0, 0.05) is 3.57 Å². The molecule has 1 rings (SSSR count). The topological polar surface area (TPSA) is 19.9 Å². The van der Waals surface area contributed by atoms with E-state index in [4.69, 9.17) is 0 Å². The van der Waals surface area contributed by atoms with E-state index in [1.807, 2.05) is 0 Å². The van der Waals surface area contributed by atoms with Gasteiger partial charge in [-0.2, -0.15) is 0 Å². The first-order valence-corrected chi connectivity index (χ1v) is 8.73. The van der Waals surface area contributed by atoms with Crippen LogP contribution in [-0.2, 0) is 11.5 Å². The second-order valence-corrected chi connectivity index (χ2v) is 6.51. The molecule has 0 fully saturated rings. The highest BCUT2D eigenvalue weighted by Crippen LogP contribution is 2.13. The molecule has 0 aliphatic rings. The van der Waals surface area contributed by atoms with Gasteiger partial charge in [0.25, 0.3) is 0 Å². The molecule has 0 bridgehead atoms. The SMILES string of the molecule is [O]CCCCCCCCCCCc1ccc(I)cc1. The van der Waals surface area contributed by atoms with Crippen molar-refractivity contribution in [3.63, 3.8) is 0 Å². The summed E-state index contributed by atoms with van der Waals surface area (Å²) in [6.45, 7) is 0.110. The predicted molar refractivity (Wildman–Crippen MR) is 90.0 cm³/mol. The van der Waals surface area contributed by atoms with Crippen LogP contribution in [0, 0.1) is 3.57 Å². The summed E-state index contributed by atoms with van der Waals surface area (Å²) in [5.74, 6) is 0. The summed E-state index contributed by atoms with van der Waals surface area (Å²) in [4.78, 5) is 0. The van der Waals surface area contributed by atoms with Gasteiger partial charge in [0.05, 0.1) is 6.61 Å². The first kappa shape index (κ1) is 17.0. The quantitative estimate of drug-likeness (QED) is 0.346. The van der Waals surface area contributed by atoms with E-state index < -0.39 is 0 Å². The Morgan fingerprint density at radius 2 is 1.16 bits per heavy atom. The van der Waals surface area contributed by atoms with Crippen molar-refractivity contribution in [1.82, 2.24) is 0 Å². The highest BCUT2D eigenvalue weighted by Gasteiger charge is 1.95. The molecular formula is C17H26IO. The molecule has 1 aromatic carbocycles. The van der Waals surface area contributed by atoms with Crippen LogP contribution in [0.1, 0.15) is 63.4 Å². The summed E-state index contributed by atoms with van der Waals surface area (Å²) in [6.07, 6.45) is 12.6. The van der Waals surface area contributed by atoms with Gasteiger partial charge >= 0.3 is 0 Å². The maximum absolute atomic E-state index is 10.3. The van der Waals surface area contributed by atoms with Crippen LogP contribution < -0.4 is 0 Å². The van der Waals surface area contributed by atoms with Gasteiger partial charge in [0.2, 0.25) is 0 Å². The molecule has 0 amide bonds. The summed E-state index contributed by atoms with van der Waals surface area (Å²) >= 11 is 2.35. The molecular weight excluding hydrogens is 347 g/mol. The first-order valence-electron chi connectivity index (χ1n) is 7.65. The summed E-state index contributed by atoms with van der Waals surface area (Å²) in [7, 11) is 0. The van der Waals surface area contributed by atoms with Gasteiger partial charge < -0.3 is 0 Å². The molecule has 0 N–H and O–H groups in total. The molecule has 1 nitrogen and oxygen atoms in total. The molecule has 2 heteroatoms. The predicted octanol–water partition coefficient (Wildman–Crippen LogP) is 5.78. The van der Waals surface area contributed by atoms with Gasteiger partial charge in [-0.25, -0.2) is 5.11 Å². The maximum Gasteiger partial charge on any atom is 0.0822 e. The summed E-state index contributed by atoms with van der Waals surface area (Å²) in [5.41, 5.74) is 1.47. The molecule has 0 heterocycles.